The highest BCUT2D eigenvalue weighted by Crippen LogP contribution is 2.32. The highest BCUT2D eigenvalue weighted by atomic mass is 16.3. The van der Waals surface area contributed by atoms with Crippen molar-refractivity contribution in [1.82, 2.24) is 5.32 Å². The Morgan fingerprint density at radius 2 is 2.27 bits per heavy atom. The third-order valence-electron chi connectivity index (χ3n) is 2.08. The van der Waals surface area contributed by atoms with Gasteiger partial charge in [0.2, 0.25) is 0 Å². The van der Waals surface area contributed by atoms with Crippen LogP contribution in [0.5, 0.6) is 0 Å². The summed E-state index contributed by atoms with van der Waals surface area (Å²) in [4.78, 5) is 0. The van der Waals surface area contributed by atoms with Gasteiger partial charge in [0.05, 0.1) is 6.10 Å². The Bertz CT molecular complexity index is 104. The van der Waals surface area contributed by atoms with Crippen molar-refractivity contribution in [2.45, 2.75) is 25.4 Å². The smallest absolute Gasteiger partial charge is 0.0692 e. The molecule has 1 rings (SSSR count). The van der Waals surface area contributed by atoms with Crippen molar-refractivity contribution in [3.8, 4) is 0 Å². The van der Waals surface area contributed by atoms with E-state index in [2.05, 4.69) is 5.32 Å². The average Bonchev–Trinajstić information content (AvgIpc) is 2.79. The van der Waals surface area contributed by atoms with Crippen LogP contribution in [0.1, 0.15) is 19.3 Å². The summed E-state index contributed by atoms with van der Waals surface area (Å²) in [6, 6.07) is 0. The predicted octanol–water partition coefficient (Wildman–Crippen LogP) is -0.304. The van der Waals surface area contributed by atoms with Gasteiger partial charge >= 0.3 is 0 Å². The highest BCUT2D eigenvalue weighted by Gasteiger charge is 2.28. The van der Waals surface area contributed by atoms with Crippen LogP contribution in [0.15, 0.2) is 0 Å². The van der Waals surface area contributed by atoms with E-state index in [1.807, 2.05) is 0 Å². The van der Waals surface area contributed by atoms with E-state index in [0.717, 1.165) is 26.1 Å². The van der Waals surface area contributed by atoms with E-state index < -0.39 is 0 Å². The Labute approximate surface area is 68.0 Å². The number of nitrogens with two attached hydrogens (primary N) is 1. The molecule has 4 N–H and O–H groups in total. The molecular formula is C8H18N2O. The molecule has 0 bridgehead atoms. The zero-order valence-corrected chi connectivity index (χ0v) is 6.92. The highest BCUT2D eigenvalue weighted by molar-refractivity contribution is 4.81. The summed E-state index contributed by atoms with van der Waals surface area (Å²) >= 11 is 0. The second-order valence-corrected chi connectivity index (χ2v) is 3.25. The summed E-state index contributed by atoms with van der Waals surface area (Å²) in [5.41, 5.74) is 5.32. The molecule has 1 atom stereocenters. The molecular weight excluding hydrogens is 140 g/mol. The Morgan fingerprint density at radius 1 is 1.55 bits per heavy atom. The topological polar surface area (TPSA) is 58.3 Å². The molecule has 1 aliphatic carbocycles. The first-order valence-electron chi connectivity index (χ1n) is 4.43. The van der Waals surface area contributed by atoms with Crippen molar-refractivity contribution in [2.24, 2.45) is 11.7 Å². The van der Waals surface area contributed by atoms with E-state index in [-0.39, 0.29) is 6.10 Å². The number of aliphatic hydroxyl groups is 1. The fourth-order valence-corrected chi connectivity index (χ4v) is 1.12. The van der Waals surface area contributed by atoms with Crippen molar-refractivity contribution in [1.29, 1.82) is 0 Å². The van der Waals surface area contributed by atoms with Gasteiger partial charge in [0, 0.05) is 6.54 Å². The van der Waals surface area contributed by atoms with Gasteiger partial charge in [0.15, 0.2) is 0 Å². The van der Waals surface area contributed by atoms with Crippen molar-refractivity contribution in [2.75, 3.05) is 19.6 Å². The largest absolute Gasteiger partial charge is 0.392 e. The van der Waals surface area contributed by atoms with Gasteiger partial charge in [-0.15, -0.1) is 0 Å². The van der Waals surface area contributed by atoms with Gasteiger partial charge in [-0.05, 0) is 38.3 Å². The van der Waals surface area contributed by atoms with Crippen LogP contribution in [-0.4, -0.2) is 30.8 Å². The van der Waals surface area contributed by atoms with Crippen molar-refractivity contribution < 1.29 is 5.11 Å². The summed E-state index contributed by atoms with van der Waals surface area (Å²) in [5.74, 6) is 0.584. The van der Waals surface area contributed by atoms with Gasteiger partial charge in [-0.2, -0.15) is 0 Å². The van der Waals surface area contributed by atoms with Crippen LogP contribution in [0.25, 0.3) is 0 Å². The van der Waals surface area contributed by atoms with E-state index in [4.69, 9.17) is 5.73 Å². The summed E-state index contributed by atoms with van der Waals surface area (Å²) in [6.07, 6.45) is 3.30. The normalized spacial score (nSPS) is 20.2. The van der Waals surface area contributed by atoms with Gasteiger partial charge < -0.3 is 16.2 Å². The van der Waals surface area contributed by atoms with Crippen LogP contribution in [-0.2, 0) is 0 Å². The number of hydrogen-bond donors (Lipinski definition) is 3. The molecule has 1 fully saturated rings. The fourth-order valence-electron chi connectivity index (χ4n) is 1.12. The van der Waals surface area contributed by atoms with Crippen LogP contribution in [0.2, 0.25) is 0 Å². The molecule has 0 aromatic carbocycles. The fraction of sp³-hybridized carbons (Fsp3) is 1.00. The summed E-state index contributed by atoms with van der Waals surface area (Å²) < 4.78 is 0. The average molecular weight is 158 g/mol. The zero-order chi connectivity index (χ0) is 8.10. The lowest BCUT2D eigenvalue weighted by Gasteiger charge is -2.09. The molecule has 1 saturated carbocycles. The van der Waals surface area contributed by atoms with Crippen molar-refractivity contribution >= 4 is 0 Å². The lowest BCUT2D eigenvalue weighted by molar-refractivity contribution is 0.149. The van der Waals surface area contributed by atoms with Gasteiger partial charge in [0.1, 0.15) is 0 Å². The van der Waals surface area contributed by atoms with Gasteiger partial charge in [-0.25, -0.2) is 0 Å². The number of aliphatic hydroxyl groups excluding tert-OH is 1. The summed E-state index contributed by atoms with van der Waals surface area (Å²) in [6.45, 7) is 2.40. The minimum absolute atomic E-state index is 0.118. The molecule has 0 spiro atoms. The first kappa shape index (κ1) is 8.97. The van der Waals surface area contributed by atoms with Gasteiger partial charge in [-0.1, -0.05) is 0 Å². The molecule has 1 aliphatic rings. The second-order valence-electron chi connectivity index (χ2n) is 3.25. The standard InChI is InChI=1S/C8H18N2O/c9-4-1-5-10-6-8(11)7-2-3-7/h7-8,10-11H,1-6,9H2. The second kappa shape index (κ2) is 4.70. The SMILES string of the molecule is NCCCNCC(O)C1CC1. The molecule has 11 heavy (non-hydrogen) atoms. The Morgan fingerprint density at radius 3 is 2.82 bits per heavy atom. The lowest BCUT2D eigenvalue weighted by Crippen LogP contribution is -2.29. The molecule has 0 aromatic heterocycles. The molecule has 0 radical (unpaired) electrons. The maximum Gasteiger partial charge on any atom is 0.0692 e. The number of nitrogens with one attached hydrogen (secondary N) is 1. The quantitative estimate of drug-likeness (QED) is 0.465. The van der Waals surface area contributed by atoms with E-state index in [1.54, 1.807) is 0 Å². The van der Waals surface area contributed by atoms with Crippen LogP contribution >= 0.6 is 0 Å². The molecule has 0 amide bonds. The van der Waals surface area contributed by atoms with E-state index in [0.29, 0.717) is 5.92 Å². The summed E-state index contributed by atoms with van der Waals surface area (Å²) in [5, 5.41) is 12.6. The third-order valence-corrected chi connectivity index (χ3v) is 2.08. The Kier molecular flexibility index (Phi) is 3.83. The minimum Gasteiger partial charge on any atom is -0.392 e. The van der Waals surface area contributed by atoms with Crippen LogP contribution in [0, 0.1) is 5.92 Å². The first-order chi connectivity index (χ1) is 5.34. The van der Waals surface area contributed by atoms with E-state index >= 15 is 0 Å². The monoisotopic (exact) mass is 158 g/mol. The molecule has 0 aliphatic heterocycles. The molecule has 3 nitrogen and oxygen atoms in total. The summed E-state index contributed by atoms with van der Waals surface area (Å²) in [7, 11) is 0. The number of rotatable bonds is 6. The molecule has 0 aromatic rings. The van der Waals surface area contributed by atoms with Crippen molar-refractivity contribution in [3.05, 3.63) is 0 Å². The zero-order valence-electron chi connectivity index (χ0n) is 6.92. The first-order valence-corrected chi connectivity index (χ1v) is 4.43. The maximum absolute atomic E-state index is 9.39. The van der Waals surface area contributed by atoms with Crippen LogP contribution < -0.4 is 11.1 Å². The molecule has 66 valence electrons. The minimum atomic E-state index is -0.118. The van der Waals surface area contributed by atoms with E-state index in [1.165, 1.54) is 12.8 Å². The predicted molar refractivity (Wildman–Crippen MR) is 45.3 cm³/mol. The lowest BCUT2D eigenvalue weighted by atomic mass is 10.2. The van der Waals surface area contributed by atoms with Crippen LogP contribution in [0.4, 0.5) is 0 Å². The van der Waals surface area contributed by atoms with Crippen LogP contribution in [0.3, 0.4) is 0 Å². The molecule has 3 heteroatoms. The molecule has 0 heterocycles. The van der Waals surface area contributed by atoms with Gasteiger partial charge in [0.25, 0.3) is 0 Å². The van der Waals surface area contributed by atoms with Crippen molar-refractivity contribution in [3.63, 3.8) is 0 Å². The molecule has 1 unspecified atom stereocenters. The van der Waals surface area contributed by atoms with E-state index in [9.17, 15) is 5.11 Å². The Hall–Kier alpha value is -0.120. The maximum atomic E-state index is 9.39. The third kappa shape index (κ3) is 3.70. The van der Waals surface area contributed by atoms with Gasteiger partial charge in [-0.3, -0.25) is 0 Å². The molecule has 0 saturated heterocycles. The number of hydrogen-bond acceptors (Lipinski definition) is 3. The Balaban J connectivity index is 1.85.